The van der Waals surface area contributed by atoms with Gasteiger partial charge in [-0.05, 0) is 72.4 Å². The molecular formula is C30H34BrFN2O3. The molecule has 0 fully saturated rings. The molecule has 2 amide bonds. The summed E-state index contributed by atoms with van der Waals surface area (Å²) in [5, 5.41) is 3.00. The first-order valence-corrected chi connectivity index (χ1v) is 13.2. The van der Waals surface area contributed by atoms with Crippen LogP contribution < -0.4 is 10.1 Å². The Labute approximate surface area is 227 Å². The van der Waals surface area contributed by atoms with E-state index >= 15 is 0 Å². The zero-order valence-electron chi connectivity index (χ0n) is 21.8. The van der Waals surface area contributed by atoms with Gasteiger partial charge in [-0.2, -0.15) is 0 Å². The van der Waals surface area contributed by atoms with Crippen molar-refractivity contribution in [1.29, 1.82) is 0 Å². The molecule has 3 aromatic rings. The minimum Gasteiger partial charge on any atom is -0.483 e. The topological polar surface area (TPSA) is 58.6 Å². The second kappa shape index (κ2) is 12.9. The van der Waals surface area contributed by atoms with Gasteiger partial charge < -0.3 is 15.0 Å². The van der Waals surface area contributed by atoms with E-state index < -0.39 is 23.3 Å². The molecule has 0 bridgehead atoms. The summed E-state index contributed by atoms with van der Waals surface area (Å²) in [5.74, 6) is -0.641. The molecule has 37 heavy (non-hydrogen) atoms. The van der Waals surface area contributed by atoms with Crippen LogP contribution in [-0.2, 0) is 29.0 Å². The SMILES string of the molecule is CCc1ccc(OCC(=O)N(Cc2ccccc2F)C(Cc2ccccc2)C(=O)NC(C)(C)C)c(Br)c1. The van der Waals surface area contributed by atoms with E-state index in [0.717, 1.165) is 22.0 Å². The van der Waals surface area contributed by atoms with Crippen LogP contribution in [0.15, 0.2) is 77.3 Å². The van der Waals surface area contributed by atoms with E-state index in [2.05, 4.69) is 28.2 Å². The minimum absolute atomic E-state index is 0.0696. The van der Waals surface area contributed by atoms with E-state index in [1.807, 2.05) is 69.3 Å². The summed E-state index contributed by atoms with van der Waals surface area (Å²) >= 11 is 3.50. The van der Waals surface area contributed by atoms with E-state index in [4.69, 9.17) is 4.74 Å². The summed E-state index contributed by atoms with van der Waals surface area (Å²) in [5.41, 5.74) is 1.84. The molecule has 7 heteroatoms. The van der Waals surface area contributed by atoms with Crippen LogP contribution in [-0.4, -0.2) is 34.9 Å². The average Bonchev–Trinajstić information content (AvgIpc) is 2.85. The third-order valence-electron chi connectivity index (χ3n) is 5.82. The number of hydrogen-bond acceptors (Lipinski definition) is 3. The van der Waals surface area contributed by atoms with Crippen LogP contribution in [0.25, 0.3) is 0 Å². The van der Waals surface area contributed by atoms with Crippen LogP contribution in [0.4, 0.5) is 4.39 Å². The number of carbonyl (C=O) groups is 2. The van der Waals surface area contributed by atoms with Crippen molar-refractivity contribution in [3.8, 4) is 5.75 Å². The highest BCUT2D eigenvalue weighted by Crippen LogP contribution is 2.26. The van der Waals surface area contributed by atoms with Gasteiger partial charge in [0, 0.05) is 24.1 Å². The molecule has 0 aromatic heterocycles. The monoisotopic (exact) mass is 568 g/mol. The maximum Gasteiger partial charge on any atom is 0.261 e. The molecule has 0 spiro atoms. The van der Waals surface area contributed by atoms with Crippen LogP contribution in [0.5, 0.6) is 5.75 Å². The number of rotatable bonds is 10. The van der Waals surface area contributed by atoms with Gasteiger partial charge in [-0.15, -0.1) is 0 Å². The molecule has 3 aromatic carbocycles. The molecule has 1 unspecified atom stereocenters. The second-order valence-corrected chi connectivity index (χ2v) is 10.8. The molecule has 0 radical (unpaired) electrons. The molecule has 0 saturated carbocycles. The predicted molar refractivity (Wildman–Crippen MR) is 148 cm³/mol. The Hall–Kier alpha value is -3.19. The fraction of sp³-hybridized carbons (Fsp3) is 0.333. The number of nitrogens with zero attached hydrogens (tertiary/aromatic N) is 1. The zero-order chi connectivity index (χ0) is 27.0. The van der Waals surface area contributed by atoms with Gasteiger partial charge in [-0.25, -0.2) is 4.39 Å². The third kappa shape index (κ3) is 8.42. The van der Waals surface area contributed by atoms with Gasteiger partial charge in [-0.1, -0.05) is 61.5 Å². The van der Waals surface area contributed by atoms with E-state index in [9.17, 15) is 14.0 Å². The van der Waals surface area contributed by atoms with Gasteiger partial charge in [0.2, 0.25) is 5.91 Å². The van der Waals surface area contributed by atoms with Crippen molar-refractivity contribution in [2.45, 2.75) is 58.7 Å². The number of benzene rings is 3. The lowest BCUT2D eigenvalue weighted by atomic mass is 10.0. The smallest absolute Gasteiger partial charge is 0.261 e. The van der Waals surface area contributed by atoms with Crippen molar-refractivity contribution in [1.82, 2.24) is 10.2 Å². The summed E-state index contributed by atoms with van der Waals surface area (Å²) < 4.78 is 21.3. The fourth-order valence-electron chi connectivity index (χ4n) is 3.92. The Balaban J connectivity index is 1.94. The summed E-state index contributed by atoms with van der Waals surface area (Å²) in [6.45, 7) is 7.34. The van der Waals surface area contributed by atoms with Crippen molar-refractivity contribution in [3.05, 3.63) is 99.8 Å². The van der Waals surface area contributed by atoms with E-state index in [1.165, 1.54) is 11.0 Å². The molecule has 3 rings (SSSR count). The Bertz CT molecular complexity index is 1210. The molecule has 196 valence electrons. The molecular weight excluding hydrogens is 535 g/mol. The van der Waals surface area contributed by atoms with Crippen LogP contribution in [0, 0.1) is 5.82 Å². The van der Waals surface area contributed by atoms with Crippen LogP contribution in [0.2, 0.25) is 0 Å². The van der Waals surface area contributed by atoms with Crippen LogP contribution in [0.1, 0.15) is 44.4 Å². The standard InChI is InChI=1S/C30H34BrFN2O3/c1-5-21-15-16-27(24(31)17-21)37-20-28(35)34(19-23-13-9-10-14-25(23)32)26(29(36)33-30(2,3)4)18-22-11-7-6-8-12-22/h6-17,26H,5,18-20H2,1-4H3,(H,33,36). The van der Waals surface area contributed by atoms with Crippen molar-refractivity contribution < 1.29 is 18.7 Å². The van der Waals surface area contributed by atoms with Crippen molar-refractivity contribution >= 4 is 27.7 Å². The number of nitrogens with one attached hydrogen (secondary N) is 1. The first-order chi connectivity index (χ1) is 17.6. The average molecular weight is 570 g/mol. The first-order valence-electron chi connectivity index (χ1n) is 12.4. The second-order valence-electron chi connectivity index (χ2n) is 9.96. The van der Waals surface area contributed by atoms with Gasteiger partial charge in [0.15, 0.2) is 6.61 Å². The number of ether oxygens (including phenoxy) is 1. The van der Waals surface area contributed by atoms with E-state index in [-0.39, 0.29) is 25.5 Å². The lowest BCUT2D eigenvalue weighted by Crippen LogP contribution is -2.55. The highest BCUT2D eigenvalue weighted by Gasteiger charge is 2.33. The molecule has 0 aliphatic carbocycles. The van der Waals surface area contributed by atoms with Gasteiger partial charge in [0.1, 0.15) is 17.6 Å². The largest absolute Gasteiger partial charge is 0.483 e. The zero-order valence-corrected chi connectivity index (χ0v) is 23.3. The highest BCUT2D eigenvalue weighted by atomic mass is 79.9. The normalized spacial score (nSPS) is 12.1. The molecule has 0 aliphatic rings. The minimum atomic E-state index is -0.872. The van der Waals surface area contributed by atoms with Crippen molar-refractivity contribution in [2.75, 3.05) is 6.61 Å². The Morgan fingerprint density at radius 1 is 1.00 bits per heavy atom. The summed E-state index contributed by atoms with van der Waals surface area (Å²) in [4.78, 5) is 28.6. The molecule has 0 heterocycles. The fourth-order valence-corrected chi connectivity index (χ4v) is 4.46. The van der Waals surface area contributed by atoms with Crippen LogP contribution in [0.3, 0.4) is 0 Å². The van der Waals surface area contributed by atoms with Gasteiger partial charge in [-0.3, -0.25) is 9.59 Å². The predicted octanol–water partition coefficient (Wildman–Crippen LogP) is 6.08. The summed E-state index contributed by atoms with van der Waals surface area (Å²) in [6, 6.07) is 20.6. The molecule has 1 atom stereocenters. The number of amides is 2. The maximum absolute atomic E-state index is 14.7. The van der Waals surface area contributed by atoms with E-state index in [1.54, 1.807) is 18.2 Å². The lowest BCUT2D eigenvalue weighted by molar-refractivity contribution is -0.143. The number of halogens is 2. The maximum atomic E-state index is 14.7. The van der Waals surface area contributed by atoms with Crippen LogP contribution >= 0.6 is 15.9 Å². The molecule has 1 N–H and O–H groups in total. The summed E-state index contributed by atoms with van der Waals surface area (Å²) in [6.07, 6.45) is 1.15. The highest BCUT2D eigenvalue weighted by molar-refractivity contribution is 9.10. The van der Waals surface area contributed by atoms with Gasteiger partial charge in [0.25, 0.3) is 5.91 Å². The first kappa shape index (κ1) is 28.4. The van der Waals surface area contributed by atoms with Crippen molar-refractivity contribution in [3.63, 3.8) is 0 Å². The van der Waals surface area contributed by atoms with Gasteiger partial charge >= 0.3 is 0 Å². The third-order valence-corrected chi connectivity index (χ3v) is 6.44. The summed E-state index contributed by atoms with van der Waals surface area (Å²) in [7, 11) is 0. The number of aryl methyl sites for hydroxylation is 1. The number of carbonyl (C=O) groups excluding carboxylic acids is 2. The quantitative estimate of drug-likeness (QED) is 0.322. The van der Waals surface area contributed by atoms with Crippen molar-refractivity contribution in [2.24, 2.45) is 0 Å². The molecule has 0 aliphatic heterocycles. The van der Waals surface area contributed by atoms with E-state index in [0.29, 0.717) is 11.3 Å². The number of hydrogen-bond donors (Lipinski definition) is 1. The molecule has 0 saturated heterocycles. The van der Waals surface area contributed by atoms with Gasteiger partial charge in [0.05, 0.1) is 4.47 Å². The Kier molecular flexibility index (Phi) is 9.86. The Morgan fingerprint density at radius 3 is 2.30 bits per heavy atom. The Morgan fingerprint density at radius 2 is 1.68 bits per heavy atom. The lowest BCUT2D eigenvalue weighted by Gasteiger charge is -2.33. The molecule has 5 nitrogen and oxygen atoms in total.